The normalized spacial score (nSPS) is 10.4. The van der Waals surface area contributed by atoms with Crippen molar-refractivity contribution in [1.82, 2.24) is 9.97 Å². The van der Waals surface area contributed by atoms with E-state index in [-0.39, 0.29) is 0 Å². The molecule has 0 amide bonds. The summed E-state index contributed by atoms with van der Waals surface area (Å²) in [6.07, 6.45) is 2.67. The van der Waals surface area contributed by atoms with Crippen LogP contribution in [-0.2, 0) is 5.75 Å². The van der Waals surface area contributed by atoms with Gasteiger partial charge in [-0.25, -0.2) is 9.97 Å². The Kier molecular flexibility index (Phi) is 5.48. The maximum absolute atomic E-state index is 6.13. The average Bonchev–Trinajstić information content (AvgIpc) is 2.45. The fourth-order valence-electron chi connectivity index (χ4n) is 1.54. The molecule has 2 aromatic rings. The number of rotatable bonds is 6. The summed E-state index contributed by atoms with van der Waals surface area (Å²) >= 11 is 7.79. The third-order valence-corrected chi connectivity index (χ3v) is 3.87. The lowest BCUT2D eigenvalue weighted by Crippen LogP contribution is -2.02. The van der Waals surface area contributed by atoms with Gasteiger partial charge in [0.15, 0.2) is 0 Å². The molecule has 0 saturated carbocycles. The van der Waals surface area contributed by atoms with Crippen LogP contribution in [0.3, 0.4) is 0 Å². The average molecular weight is 294 g/mol. The monoisotopic (exact) mass is 293 g/mol. The molecule has 3 nitrogen and oxygen atoms in total. The van der Waals surface area contributed by atoms with Crippen LogP contribution < -0.4 is 5.32 Å². The summed E-state index contributed by atoms with van der Waals surface area (Å²) in [6.45, 7) is 3.05. The van der Waals surface area contributed by atoms with Crippen molar-refractivity contribution in [3.8, 4) is 0 Å². The predicted octanol–water partition coefficient (Wildman–Crippen LogP) is 4.24. The first-order chi connectivity index (χ1) is 9.29. The minimum Gasteiger partial charge on any atom is -0.370 e. The lowest BCUT2D eigenvalue weighted by atomic mass is 10.2. The fourth-order valence-corrected chi connectivity index (χ4v) is 2.69. The zero-order valence-corrected chi connectivity index (χ0v) is 12.3. The maximum atomic E-state index is 6.13. The van der Waals surface area contributed by atoms with Crippen molar-refractivity contribution in [2.24, 2.45) is 0 Å². The van der Waals surface area contributed by atoms with E-state index in [0.717, 1.165) is 40.1 Å². The fraction of sp³-hybridized carbons (Fsp3) is 0.286. The van der Waals surface area contributed by atoms with E-state index < -0.39 is 0 Å². The van der Waals surface area contributed by atoms with Crippen LogP contribution in [0.25, 0.3) is 0 Å². The highest BCUT2D eigenvalue weighted by Gasteiger charge is 2.03. The molecule has 0 bridgehead atoms. The molecular formula is C14H16ClN3S. The summed E-state index contributed by atoms with van der Waals surface area (Å²) in [5.74, 6) is 1.68. The van der Waals surface area contributed by atoms with Crippen LogP contribution in [0.4, 0.5) is 5.82 Å². The highest BCUT2D eigenvalue weighted by Crippen LogP contribution is 2.25. The number of nitrogens with zero attached hydrogens (tertiary/aromatic N) is 2. The van der Waals surface area contributed by atoms with Gasteiger partial charge in [-0.2, -0.15) is 0 Å². The molecule has 0 radical (unpaired) electrons. The minimum atomic E-state index is 0.799. The van der Waals surface area contributed by atoms with Gasteiger partial charge in [0, 0.05) is 23.4 Å². The van der Waals surface area contributed by atoms with Crippen LogP contribution in [0, 0.1) is 0 Å². The number of anilines is 1. The van der Waals surface area contributed by atoms with E-state index in [0.29, 0.717) is 0 Å². The number of hydrogen-bond acceptors (Lipinski definition) is 4. The molecule has 1 N–H and O–H groups in total. The van der Waals surface area contributed by atoms with Gasteiger partial charge in [-0.15, -0.1) is 11.8 Å². The van der Waals surface area contributed by atoms with E-state index >= 15 is 0 Å². The molecule has 5 heteroatoms. The van der Waals surface area contributed by atoms with Crippen molar-refractivity contribution in [2.75, 3.05) is 11.9 Å². The molecule has 0 aliphatic carbocycles. The van der Waals surface area contributed by atoms with E-state index in [4.69, 9.17) is 11.6 Å². The second-order valence-electron chi connectivity index (χ2n) is 4.05. The first-order valence-electron chi connectivity index (χ1n) is 6.21. The summed E-state index contributed by atoms with van der Waals surface area (Å²) in [5.41, 5.74) is 1.12. The molecule has 0 unspecified atom stereocenters. The summed E-state index contributed by atoms with van der Waals surface area (Å²) in [5, 5.41) is 5.01. The Hall–Kier alpha value is -1.26. The maximum Gasteiger partial charge on any atom is 0.130 e. The summed E-state index contributed by atoms with van der Waals surface area (Å²) in [7, 11) is 0. The molecule has 0 fully saturated rings. The van der Waals surface area contributed by atoms with E-state index in [1.54, 1.807) is 18.1 Å². The molecular weight excluding hydrogens is 278 g/mol. The van der Waals surface area contributed by atoms with Crippen molar-refractivity contribution in [3.63, 3.8) is 0 Å². The Bertz CT molecular complexity index is 534. The molecule has 100 valence electrons. The molecule has 19 heavy (non-hydrogen) atoms. The molecule has 0 atom stereocenters. The second-order valence-corrected chi connectivity index (χ2v) is 5.45. The van der Waals surface area contributed by atoms with Crippen LogP contribution in [0.1, 0.15) is 18.9 Å². The number of thioether (sulfide) groups is 1. The van der Waals surface area contributed by atoms with Crippen molar-refractivity contribution in [2.45, 2.75) is 24.1 Å². The highest BCUT2D eigenvalue weighted by atomic mass is 35.5. The second kappa shape index (κ2) is 7.36. The highest BCUT2D eigenvalue weighted by molar-refractivity contribution is 7.98. The molecule has 0 aliphatic rings. The Labute approximate surface area is 122 Å². The van der Waals surface area contributed by atoms with Gasteiger partial charge in [0.25, 0.3) is 0 Å². The Morgan fingerprint density at radius 2 is 2.11 bits per heavy atom. The summed E-state index contributed by atoms with van der Waals surface area (Å²) in [6, 6.07) is 9.85. The summed E-state index contributed by atoms with van der Waals surface area (Å²) in [4.78, 5) is 8.45. The first kappa shape index (κ1) is 14.2. The van der Waals surface area contributed by atoms with Crippen LogP contribution in [0.2, 0.25) is 5.02 Å². The van der Waals surface area contributed by atoms with Crippen molar-refractivity contribution in [3.05, 3.63) is 47.2 Å². The first-order valence-corrected chi connectivity index (χ1v) is 7.58. The number of halogens is 1. The number of aromatic nitrogens is 2. The van der Waals surface area contributed by atoms with Crippen LogP contribution >= 0.6 is 23.4 Å². The van der Waals surface area contributed by atoms with Crippen LogP contribution in [0.5, 0.6) is 0 Å². The Morgan fingerprint density at radius 1 is 1.26 bits per heavy atom. The van der Waals surface area contributed by atoms with Crippen molar-refractivity contribution < 1.29 is 0 Å². The smallest absolute Gasteiger partial charge is 0.130 e. The van der Waals surface area contributed by atoms with Crippen LogP contribution in [-0.4, -0.2) is 16.5 Å². The molecule has 1 aromatic heterocycles. The zero-order valence-electron chi connectivity index (χ0n) is 10.8. The third-order valence-electron chi connectivity index (χ3n) is 2.53. The summed E-state index contributed by atoms with van der Waals surface area (Å²) < 4.78 is 0. The molecule has 1 heterocycles. The van der Waals surface area contributed by atoms with Gasteiger partial charge in [0.2, 0.25) is 0 Å². The standard InChI is InChI=1S/C14H16ClN3S/c1-2-7-16-13-8-14(18-10-17-13)19-9-11-5-3-4-6-12(11)15/h3-6,8,10H,2,7,9H2,1H3,(H,16,17,18). The minimum absolute atomic E-state index is 0.799. The van der Waals surface area contributed by atoms with E-state index in [9.17, 15) is 0 Å². The predicted molar refractivity (Wildman–Crippen MR) is 81.8 cm³/mol. The number of hydrogen-bond donors (Lipinski definition) is 1. The molecule has 0 aliphatic heterocycles. The SMILES string of the molecule is CCCNc1cc(SCc2ccccc2Cl)ncn1. The largest absolute Gasteiger partial charge is 0.370 e. The third kappa shape index (κ3) is 4.40. The van der Waals surface area contributed by atoms with Gasteiger partial charge in [-0.05, 0) is 18.1 Å². The molecule has 1 aromatic carbocycles. The zero-order chi connectivity index (χ0) is 13.5. The number of nitrogens with one attached hydrogen (secondary N) is 1. The Morgan fingerprint density at radius 3 is 2.89 bits per heavy atom. The lowest BCUT2D eigenvalue weighted by molar-refractivity contribution is 0.953. The van der Waals surface area contributed by atoms with Crippen LogP contribution in [0.15, 0.2) is 41.7 Å². The van der Waals surface area contributed by atoms with Gasteiger partial charge >= 0.3 is 0 Å². The van der Waals surface area contributed by atoms with Gasteiger partial charge < -0.3 is 5.32 Å². The topological polar surface area (TPSA) is 37.8 Å². The van der Waals surface area contributed by atoms with E-state index in [1.165, 1.54) is 0 Å². The molecule has 2 rings (SSSR count). The van der Waals surface area contributed by atoms with Gasteiger partial charge in [0.05, 0.1) is 0 Å². The number of benzene rings is 1. The van der Waals surface area contributed by atoms with Crippen molar-refractivity contribution in [1.29, 1.82) is 0 Å². The lowest BCUT2D eigenvalue weighted by Gasteiger charge is -2.06. The van der Waals surface area contributed by atoms with Gasteiger partial charge in [-0.3, -0.25) is 0 Å². The quantitative estimate of drug-likeness (QED) is 0.638. The van der Waals surface area contributed by atoms with Gasteiger partial charge in [0.1, 0.15) is 17.2 Å². The molecule has 0 saturated heterocycles. The van der Waals surface area contributed by atoms with Crippen molar-refractivity contribution >= 4 is 29.2 Å². The van der Waals surface area contributed by atoms with E-state index in [1.807, 2.05) is 30.3 Å². The van der Waals surface area contributed by atoms with E-state index in [2.05, 4.69) is 22.2 Å². The Balaban J connectivity index is 1.98. The van der Waals surface area contributed by atoms with Gasteiger partial charge in [-0.1, -0.05) is 36.7 Å². The molecule has 0 spiro atoms.